The van der Waals surface area contributed by atoms with Crippen molar-refractivity contribution in [3.63, 3.8) is 0 Å². The molecule has 2 heterocycles. The molecule has 0 aromatic rings. The van der Waals surface area contributed by atoms with E-state index >= 15 is 0 Å². The molecule has 4 heteroatoms. The number of carbonyl (C=O) groups is 1. The number of piperazine rings is 2. The third-order valence-corrected chi connectivity index (χ3v) is 4.42. The van der Waals surface area contributed by atoms with Crippen LogP contribution in [-0.4, -0.2) is 73.0 Å². The molecule has 0 radical (unpaired) electrons. The highest BCUT2D eigenvalue weighted by Gasteiger charge is 2.32. The third-order valence-electron chi connectivity index (χ3n) is 4.42. The second-order valence-electron chi connectivity index (χ2n) is 6.58. The highest BCUT2D eigenvalue weighted by atomic mass is 16.2. The molecule has 19 heavy (non-hydrogen) atoms. The largest absolute Gasteiger partial charge is 0.340 e. The monoisotopic (exact) mass is 267 g/mol. The van der Waals surface area contributed by atoms with E-state index < -0.39 is 0 Å². The van der Waals surface area contributed by atoms with E-state index in [-0.39, 0.29) is 0 Å². The van der Waals surface area contributed by atoms with E-state index in [0.717, 1.165) is 52.0 Å². The molecule has 1 amide bonds. The summed E-state index contributed by atoms with van der Waals surface area (Å²) in [5.41, 5.74) is 0. The lowest BCUT2D eigenvalue weighted by Gasteiger charge is -2.46. The summed E-state index contributed by atoms with van der Waals surface area (Å²) >= 11 is 0. The maximum Gasteiger partial charge on any atom is 0.222 e. The first-order valence-corrected chi connectivity index (χ1v) is 7.76. The van der Waals surface area contributed by atoms with Gasteiger partial charge in [-0.2, -0.15) is 0 Å². The summed E-state index contributed by atoms with van der Waals surface area (Å²) < 4.78 is 0. The Hall–Kier alpha value is -0.610. The Morgan fingerprint density at radius 1 is 1.16 bits per heavy atom. The molecule has 2 rings (SSSR count). The van der Waals surface area contributed by atoms with E-state index in [1.807, 2.05) is 0 Å². The van der Waals surface area contributed by atoms with Crippen LogP contribution >= 0.6 is 0 Å². The van der Waals surface area contributed by atoms with Gasteiger partial charge in [-0.3, -0.25) is 9.69 Å². The average molecular weight is 267 g/mol. The van der Waals surface area contributed by atoms with E-state index in [4.69, 9.17) is 0 Å². The predicted molar refractivity (Wildman–Crippen MR) is 78.1 cm³/mol. The van der Waals surface area contributed by atoms with Gasteiger partial charge in [-0.05, 0) is 19.4 Å². The van der Waals surface area contributed by atoms with E-state index in [9.17, 15) is 4.79 Å². The second kappa shape index (κ2) is 6.71. The smallest absolute Gasteiger partial charge is 0.222 e. The molecule has 2 aliphatic rings. The van der Waals surface area contributed by atoms with Crippen LogP contribution in [0.15, 0.2) is 0 Å². The Kier molecular flexibility index (Phi) is 5.22. The first-order valence-electron chi connectivity index (χ1n) is 7.76. The van der Waals surface area contributed by atoms with Gasteiger partial charge in [0.2, 0.25) is 5.91 Å². The highest BCUT2D eigenvalue weighted by Crippen LogP contribution is 2.16. The van der Waals surface area contributed by atoms with Gasteiger partial charge in [0.1, 0.15) is 0 Å². The molecule has 2 saturated heterocycles. The Bertz CT molecular complexity index is 306. The second-order valence-corrected chi connectivity index (χ2v) is 6.58. The molecule has 1 atom stereocenters. The predicted octanol–water partition coefficient (Wildman–Crippen LogP) is 1.27. The number of rotatable bonds is 4. The molecule has 4 nitrogen and oxygen atoms in total. The first-order chi connectivity index (χ1) is 9.06. The number of carbonyl (C=O) groups excluding carboxylic acids is 1. The van der Waals surface area contributed by atoms with E-state index in [0.29, 0.717) is 17.9 Å². The lowest BCUT2D eigenvalue weighted by Crippen LogP contribution is -2.62. The number of amides is 1. The van der Waals surface area contributed by atoms with Crippen molar-refractivity contribution in [1.29, 1.82) is 0 Å². The van der Waals surface area contributed by atoms with Crippen molar-refractivity contribution in [1.82, 2.24) is 14.7 Å². The number of hydrogen-bond acceptors (Lipinski definition) is 3. The van der Waals surface area contributed by atoms with Gasteiger partial charge in [0.15, 0.2) is 0 Å². The van der Waals surface area contributed by atoms with Gasteiger partial charge in [-0.25, -0.2) is 0 Å². The van der Waals surface area contributed by atoms with Crippen LogP contribution in [0.25, 0.3) is 0 Å². The number of likely N-dealkylation sites (N-methyl/N-ethyl adjacent to an activating group) is 1. The summed E-state index contributed by atoms with van der Waals surface area (Å²) in [4.78, 5) is 19.3. The van der Waals surface area contributed by atoms with Crippen LogP contribution in [0.1, 0.15) is 33.1 Å². The topological polar surface area (TPSA) is 26.8 Å². The normalized spacial score (nSPS) is 25.7. The third kappa shape index (κ3) is 4.18. The minimum atomic E-state index is 0.369. The highest BCUT2D eigenvalue weighted by molar-refractivity contribution is 5.76. The van der Waals surface area contributed by atoms with Gasteiger partial charge in [-0.15, -0.1) is 0 Å². The van der Waals surface area contributed by atoms with Gasteiger partial charge >= 0.3 is 0 Å². The standard InChI is InChI=1S/C15H29N3O/c1-13(2)5-4-6-15(19)18-10-9-17-8-7-16(3)11-14(17)12-18/h13-14H,4-12H2,1-3H3/t14-/m1/s1. The van der Waals surface area contributed by atoms with Gasteiger partial charge < -0.3 is 9.80 Å². The molecular formula is C15H29N3O. The maximum atomic E-state index is 12.2. The molecule has 0 spiro atoms. The molecule has 0 aromatic carbocycles. The molecule has 110 valence electrons. The van der Waals surface area contributed by atoms with Crippen LogP contribution in [-0.2, 0) is 4.79 Å². The molecule has 0 aliphatic carbocycles. The molecule has 0 N–H and O–H groups in total. The fourth-order valence-electron chi connectivity index (χ4n) is 3.16. The SMILES string of the molecule is CC(C)CCCC(=O)N1CCN2CCN(C)C[C@@H]2C1. The fraction of sp³-hybridized carbons (Fsp3) is 0.933. The van der Waals surface area contributed by atoms with Crippen molar-refractivity contribution in [3.8, 4) is 0 Å². The summed E-state index contributed by atoms with van der Waals surface area (Å²) in [5, 5.41) is 0. The van der Waals surface area contributed by atoms with Crippen molar-refractivity contribution >= 4 is 5.91 Å². The van der Waals surface area contributed by atoms with Gasteiger partial charge in [-0.1, -0.05) is 20.3 Å². The quantitative estimate of drug-likeness (QED) is 0.767. The summed E-state index contributed by atoms with van der Waals surface area (Å²) in [6.07, 6.45) is 2.94. The summed E-state index contributed by atoms with van der Waals surface area (Å²) in [5.74, 6) is 1.07. The molecule has 2 aliphatic heterocycles. The Labute approximate surface area is 117 Å². The maximum absolute atomic E-state index is 12.2. The molecule has 0 unspecified atom stereocenters. The van der Waals surface area contributed by atoms with Gasteiger partial charge in [0, 0.05) is 51.7 Å². The molecule has 2 fully saturated rings. The van der Waals surface area contributed by atoms with E-state index in [1.54, 1.807) is 0 Å². The average Bonchev–Trinajstić information content (AvgIpc) is 2.37. The minimum absolute atomic E-state index is 0.369. The summed E-state index contributed by atoms with van der Waals surface area (Å²) in [6.45, 7) is 10.8. The fourth-order valence-corrected chi connectivity index (χ4v) is 3.16. The van der Waals surface area contributed by atoms with Crippen molar-refractivity contribution in [2.45, 2.75) is 39.2 Å². The van der Waals surface area contributed by atoms with Gasteiger partial charge in [0.05, 0.1) is 0 Å². The van der Waals surface area contributed by atoms with Crippen LogP contribution in [0.2, 0.25) is 0 Å². The van der Waals surface area contributed by atoms with Crippen LogP contribution in [0, 0.1) is 5.92 Å². The Morgan fingerprint density at radius 2 is 1.89 bits per heavy atom. The van der Waals surface area contributed by atoms with E-state index in [1.165, 1.54) is 6.54 Å². The summed E-state index contributed by atoms with van der Waals surface area (Å²) in [6, 6.07) is 0.557. The molecule has 0 bridgehead atoms. The van der Waals surface area contributed by atoms with Crippen LogP contribution in [0.5, 0.6) is 0 Å². The zero-order valence-corrected chi connectivity index (χ0v) is 12.8. The van der Waals surface area contributed by atoms with Crippen LogP contribution < -0.4 is 0 Å². The van der Waals surface area contributed by atoms with Crippen molar-refractivity contribution in [3.05, 3.63) is 0 Å². The molecule has 0 saturated carbocycles. The van der Waals surface area contributed by atoms with Crippen molar-refractivity contribution in [2.24, 2.45) is 5.92 Å². The van der Waals surface area contributed by atoms with Crippen molar-refractivity contribution in [2.75, 3.05) is 46.3 Å². The number of nitrogens with zero attached hydrogens (tertiary/aromatic N) is 3. The number of hydrogen-bond donors (Lipinski definition) is 0. The lowest BCUT2D eigenvalue weighted by atomic mass is 10.0. The van der Waals surface area contributed by atoms with Crippen LogP contribution in [0.3, 0.4) is 0 Å². The lowest BCUT2D eigenvalue weighted by molar-refractivity contribution is -0.135. The Balaban J connectivity index is 1.77. The summed E-state index contributed by atoms with van der Waals surface area (Å²) in [7, 11) is 2.18. The van der Waals surface area contributed by atoms with Crippen LogP contribution in [0.4, 0.5) is 0 Å². The molecular weight excluding hydrogens is 238 g/mol. The zero-order chi connectivity index (χ0) is 13.8. The van der Waals surface area contributed by atoms with Gasteiger partial charge in [0.25, 0.3) is 0 Å². The van der Waals surface area contributed by atoms with Crippen molar-refractivity contribution < 1.29 is 4.79 Å². The van der Waals surface area contributed by atoms with E-state index in [2.05, 4.69) is 35.6 Å². The zero-order valence-electron chi connectivity index (χ0n) is 12.8. The molecule has 0 aromatic heterocycles. The Morgan fingerprint density at radius 3 is 2.63 bits per heavy atom. The minimum Gasteiger partial charge on any atom is -0.340 e. The first kappa shape index (κ1) is 14.8. The number of fused-ring (bicyclic) bond motifs is 1.